The molecule has 2 amide bonds. The predicted molar refractivity (Wildman–Crippen MR) is 124 cm³/mol. The van der Waals surface area contributed by atoms with E-state index in [4.69, 9.17) is 8.94 Å². The number of hydrogen-bond acceptors (Lipinski definition) is 6. The molecule has 8 heteroatoms. The Morgan fingerprint density at radius 1 is 0.941 bits per heavy atom. The molecule has 0 atom stereocenters. The summed E-state index contributed by atoms with van der Waals surface area (Å²) >= 11 is 0. The first-order valence-corrected chi connectivity index (χ1v) is 11.3. The van der Waals surface area contributed by atoms with Gasteiger partial charge >= 0.3 is 0 Å². The number of rotatable bonds is 6. The van der Waals surface area contributed by atoms with Crippen LogP contribution in [-0.2, 0) is 6.54 Å². The fraction of sp³-hybridized carbons (Fsp3) is 0.231. The van der Waals surface area contributed by atoms with Gasteiger partial charge in [-0.05, 0) is 49.2 Å². The Balaban J connectivity index is 1.17. The summed E-state index contributed by atoms with van der Waals surface area (Å²) in [5.74, 6) is 1.75. The van der Waals surface area contributed by atoms with E-state index in [2.05, 4.69) is 15.5 Å². The lowest BCUT2D eigenvalue weighted by Gasteiger charge is -2.30. The van der Waals surface area contributed by atoms with Crippen molar-refractivity contribution in [1.29, 1.82) is 0 Å². The van der Waals surface area contributed by atoms with Gasteiger partial charge in [0.05, 0.1) is 12.8 Å². The lowest BCUT2D eigenvalue weighted by atomic mass is 9.96. The number of hydrogen-bond donors (Lipinski definition) is 1. The van der Waals surface area contributed by atoms with E-state index in [1.165, 1.54) is 0 Å². The van der Waals surface area contributed by atoms with Gasteiger partial charge in [0.1, 0.15) is 5.76 Å². The molecule has 172 valence electrons. The van der Waals surface area contributed by atoms with Crippen LogP contribution in [0.25, 0.3) is 11.4 Å². The summed E-state index contributed by atoms with van der Waals surface area (Å²) < 4.78 is 10.8. The average molecular weight is 457 g/mol. The first kappa shape index (κ1) is 21.6. The number of nitrogens with one attached hydrogen (secondary N) is 1. The van der Waals surface area contributed by atoms with Crippen molar-refractivity contribution in [3.63, 3.8) is 0 Å². The molecule has 3 heterocycles. The number of amides is 2. The van der Waals surface area contributed by atoms with Gasteiger partial charge in [-0.25, -0.2) is 0 Å². The Bertz CT molecular complexity index is 1240. The first-order valence-electron chi connectivity index (χ1n) is 11.3. The number of carbonyl (C=O) groups is 2. The van der Waals surface area contributed by atoms with Crippen LogP contribution in [0.15, 0.2) is 81.9 Å². The van der Waals surface area contributed by atoms with Crippen molar-refractivity contribution in [2.75, 3.05) is 13.1 Å². The third kappa shape index (κ3) is 4.76. The predicted octanol–water partition coefficient (Wildman–Crippen LogP) is 4.28. The van der Waals surface area contributed by atoms with Crippen LogP contribution in [0.1, 0.15) is 51.1 Å². The Kier molecular flexibility index (Phi) is 6.20. The maximum atomic E-state index is 12.6. The van der Waals surface area contributed by atoms with E-state index in [1.54, 1.807) is 36.6 Å². The summed E-state index contributed by atoms with van der Waals surface area (Å²) in [6.07, 6.45) is 3.12. The third-order valence-electron chi connectivity index (χ3n) is 6.00. The van der Waals surface area contributed by atoms with Gasteiger partial charge in [0.15, 0.2) is 0 Å². The van der Waals surface area contributed by atoms with Crippen molar-refractivity contribution in [2.24, 2.45) is 0 Å². The highest BCUT2D eigenvalue weighted by Crippen LogP contribution is 2.29. The van der Waals surface area contributed by atoms with E-state index in [0.717, 1.165) is 18.4 Å². The molecule has 2 aromatic carbocycles. The van der Waals surface area contributed by atoms with Crippen molar-refractivity contribution in [1.82, 2.24) is 20.4 Å². The maximum Gasteiger partial charge on any atom is 0.253 e. The van der Waals surface area contributed by atoms with Crippen molar-refractivity contribution in [3.8, 4) is 11.4 Å². The minimum atomic E-state index is -0.187. The Morgan fingerprint density at radius 3 is 2.41 bits per heavy atom. The summed E-state index contributed by atoms with van der Waals surface area (Å²) in [6.45, 7) is 1.63. The smallest absolute Gasteiger partial charge is 0.253 e. The Morgan fingerprint density at radius 2 is 1.71 bits per heavy atom. The van der Waals surface area contributed by atoms with Crippen molar-refractivity contribution >= 4 is 11.8 Å². The van der Waals surface area contributed by atoms with Crippen LogP contribution in [-0.4, -0.2) is 39.9 Å². The molecule has 1 saturated heterocycles. The molecule has 1 aliphatic rings. The van der Waals surface area contributed by atoms with Crippen LogP contribution in [0.5, 0.6) is 0 Å². The largest absolute Gasteiger partial charge is 0.467 e. The minimum absolute atomic E-state index is 0.0542. The topological polar surface area (TPSA) is 101 Å². The zero-order chi connectivity index (χ0) is 23.3. The fourth-order valence-electron chi connectivity index (χ4n) is 4.06. The molecule has 4 aromatic rings. The third-order valence-corrected chi connectivity index (χ3v) is 6.00. The van der Waals surface area contributed by atoms with Gasteiger partial charge in [0, 0.05) is 35.7 Å². The summed E-state index contributed by atoms with van der Waals surface area (Å²) in [7, 11) is 0. The Hall–Kier alpha value is -4.20. The van der Waals surface area contributed by atoms with Crippen LogP contribution in [0, 0.1) is 0 Å². The minimum Gasteiger partial charge on any atom is -0.467 e. The SMILES string of the molecule is O=C(NCc1ccco1)c1ccc(-c2noc(C3CCN(C(=O)c4ccccc4)CC3)n2)cc1. The Labute approximate surface area is 196 Å². The molecule has 2 aromatic heterocycles. The number of likely N-dealkylation sites (tertiary alicyclic amines) is 1. The molecule has 5 rings (SSSR count). The molecule has 34 heavy (non-hydrogen) atoms. The van der Waals surface area contributed by atoms with E-state index in [0.29, 0.717) is 48.2 Å². The van der Waals surface area contributed by atoms with Crippen molar-refractivity contribution < 1.29 is 18.5 Å². The van der Waals surface area contributed by atoms with E-state index >= 15 is 0 Å². The maximum absolute atomic E-state index is 12.6. The molecular weight excluding hydrogens is 432 g/mol. The highest BCUT2D eigenvalue weighted by molar-refractivity contribution is 5.94. The number of benzene rings is 2. The molecular formula is C26H24N4O4. The van der Waals surface area contributed by atoms with Gasteiger partial charge in [0.2, 0.25) is 11.7 Å². The van der Waals surface area contributed by atoms with Crippen LogP contribution in [0.4, 0.5) is 0 Å². The highest BCUT2D eigenvalue weighted by atomic mass is 16.5. The zero-order valence-corrected chi connectivity index (χ0v) is 18.5. The lowest BCUT2D eigenvalue weighted by molar-refractivity contribution is 0.0704. The second kappa shape index (κ2) is 9.74. The van der Waals surface area contributed by atoms with E-state index in [1.807, 2.05) is 41.3 Å². The van der Waals surface area contributed by atoms with E-state index in [-0.39, 0.29) is 17.7 Å². The van der Waals surface area contributed by atoms with Crippen LogP contribution in [0.3, 0.4) is 0 Å². The van der Waals surface area contributed by atoms with Gasteiger partial charge in [-0.1, -0.05) is 35.5 Å². The van der Waals surface area contributed by atoms with Gasteiger partial charge < -0.3 is 19.2 Å². The normalized spacial score (nSPS) is 14.2. The molecule has 0 spiro atoms. The molecule has 8 nitrogen and oxygen atoms in total. The summed E-state index contributed by atoms with van der Waals surface area (Å²) in [5, 5.41) is 6.95. The van der Waals surface area contributed by atoms with Gasteiger partial charge in [-0.15, -0.1) is 0 Å². The molecule has 0 unspecified atom stereocenters. The zero-order valence-electron chi connectivity index (χ0n) is 18.5. The van der Waals surface area contributed by atoms with Gasteiger partial charge in [-0.2, -0.15) is 4.98 Å². The average Bonchev–Trinajstić information content (AvgIpc) is 3.60. The second-order valence-corrected chi connectivity index (χ2v) is 8.23. The first-order chi connectivity index (χ1) is 16.7. The van der Waals surface area contributed by atoms with Gasteiger partial charge in [0.25, 0.3) is 11.8 Å². The monoisotopic (exact) mass is 456 g/mol. The van der Waals surface area contributed by atoms with E-state index < -0.39 is 0 Å². The number of nitrogens with zero attached hydrogens (tertiary/aromatic N) is 3. The van der Waals surface area contributed by atoms with Crippen molar-refractivity contribution in [2.45, 2.75) is 25.3 Å². The molecule has 0 bridgehead atoms. The molecule has 1 aliphatic heterocycles. The number of furan rings is 1. The van der Waals surface area contributed by atoms with Crippen LogP contribution >= 0.6 is 0 Å². The van der Waals surface area contributed by atoms with Crippen LogP contribution < -0.4 is 5.32 Å². The summed E-state index contributed by atoms with van der Waals surface area (Å²) in [6, 6.07) is 20.0. The molecule has 0 aliphatic carbocycles. The molecule has 1 N–H and O–H groups in total. The standard InChI is InChI=1S/C26H24N4O4/c31-24(27-17-22-7-4-16-33-22)19-10-8-18(9-11-19)23-28-25(34-29-23)20-12-14-30(15-13-20)26(32)21-5-2-1-3-6-21/h1-11,16,20H,12-15,17H2,(H,27,31). The fourth-order valence-corrected chi connectivity index (χ4v) is 4.06. The summed E-state index contributed by atoms with van der Waals surface area (Å²) in [4.78, 5) is 31.4. The lowest BCUT2D eigenvalue weighted by Crippen LogP contribution is -2.37. The number of carbonyl (C=O) groups excluding carboxylic acids is 2. The van der Waals surface area contributed by atoms with E-state index in [9.17, 15) is 9.59 Å². The van der Waals surface area contributed by atoms with Gasteiger partial charge in [-0.3, -0.25) is 9.59 Å². The molecule has 0 radical (unpaired) electrons. The van der Waals surface area contributed by atoms with Crippen LogP contribution in [0.2, 0.25) is 0 Å². The molecule has 1 fully saturated rings. The number of piperidine rings is 1. The quantitative estimate of drug-likeness (QED) is 0.465. The van der Waals surface area contributed by atoms with Crippen molar-refractivity contribution in [3.05, 3.63) is 95.8 Å². The number of aromatic nitrogens is 2. The highest BCUT2D eigenvalue weighted by Gasteiger charge is 2.28. The second-order valence-electron chi connectivity index (χ2n) is 8.23. The summed E-state index contributed by atoms with van der Waals surface area (Å²) in [5.41, 5.74) is 2.02. The molecule has 0 saturated carbocycles.